The molecule has 2 aromatic heterocycles. The number of rotatable bonds is 7. The molecule has 0 aliphatic carbocycles. The van der Waals surface area contributed by atoms with Gasteiger partial charge in [-0.3, -0.25) is 14.3 Å². The molecule has 10 nitrogen and oxygen atoms in total. The number of carbonyl (C=O) groups excluding carboxylic acids is 2. The minimum atomic E-state index is -4.76. The number of hydrogen-bond acceptors (Lipinski definition) is 7. The summed E-state index contributed by atoms with van der Waals surface area (Å²) in [5, 5.41) is 11.7. The Labute approximate surface area is 185 Å². The number of carbonyl (C=O) groups is 2. The predicted octanol–water partition coefficient (Wildman–Crippen LogP) is 3.25. The van der Waals surface area contributed by atoms with Crippen molar-refractivity contribution in [2.24, 2.45) is 12.8 Å². The number of anilines is 5. The number of amides is 2. The molecule has 3 rings (SSSR count). The van der Waals surface area contributed by atoms with E-state index >= 15 is 0 Å². The largest absolute Gasteiger partial charge is 0.421 e. The van der Waals surface area contributed by atoms with E-state index in [0.717, 1.165) is 11.6 Å². The van der Waals surface area contributed by atoms with Gasteiger partial charge in [-0.05, 0) is 30.7 Å². The van der Waals surface area contributed by atoms with E-state index in [1.807, 2.05) is 0 Å². The lowest BCUT2D eigenvalue weighted by atomic mass is 10.1. The van der Waals surface area contributed by atoms with Crippen molar-refractivity contribution in [3.8, 4) is 0 Å². The van der Waals surface area contributed by atoms with Crippen LogP contribution < -0.4 is 21.7 Å². The van der Waals surface area contributed by atoms with E-state index in [1.165, 1.54) is 23.9 Å². The van der Waals surface area contributed by atoms with Gasteiger partial charge in [0.05, 0.1) is 11.4 Å². The van der Waals surface area contributed by atoms with Gasteiger partial charge in [0, 0.05) is 19.3 Å². The molecule has 3 aromatic rings. The molecule has 0 saturated carbocycles. The molecule has 33 heavy (non-hydrogen) atoms. The second kappa shape index (κ2) is 8.98. The van der Waals surface area contributed by atoms with Crippen LogP contribution in [0.3, 0.4) is 0 Å². The van der Waals surface area contributed by atoms with Gasteiger partial charge in [0.2, 0.25) is 11.9 Å². The summed E-state index contributed by atoms with van der Waals surface area (Å²) >= 11 is 0. The number of alkyl halides is 3. The quantitative estimate of drug-likeness (QED) is 0.397. The molecule has 0 saturated heterocycles. The zero-order valence-electron chi connectivity index (χ0n) is 17.5. The third-order valence-corrected chi connectivity index (χ3v) is 4.34. The summed E-state index contributed by atoms with van der Waals surface area (Å²) in [5.41, 5.74) is 5.19. The van der Waals surface area contributed by atoms with Crippen LogP contribution in [0.2, 0.25) is 0 Å². The van der Waals surface area contributed by atoms with Crippen molar-refractivity contribution in [3.63, 3.8) is 0 Å². The van der Waals surface area contributed by atoms with E-state index in [-0.39, 0.29) is 28.8 Å². The van der Waals surface area contributed by atoms with Crippen LogP contribution in [0.5, 0.6) is 0 Å². The molecule has 0 spiro atoms. The van der Waals surface area contributed by atoms with E-state index in [2.05, 4.69) is 37.6 Å². The number of nitrogens with zero attached hydrogens (tertiary/aromatic N) is 4. The highest BCUT2D eigenvalue weighted by Crippen LogP contribution is 2.36. The summed E-state index contributed by atoms with van der Waals surface area (Å²) in [6, 6.07) is 6.04. The minimum Gasteiger partial charge on any atom is -0.364 e. The smallest absolute Gasteiger partial charge is 0.364 e. The maximum absolute atomic E-state index is 13.6. The zero-order valence-corrected chi connectivity index (χ0v) is 17.5. The molecule has 0 atom stereocenters. The number of aromatic nitrogens is 4. The molecule has 0 aliphatic heterocycles. The summed E-state index contributed by atoms with van der Waals surface area (Å²) in [6.07, 6.45) is -3.12. The Kier molecular flexibility index (Phi) is 6.33. The molecular weight excluding hydrogens is 441 g/mol. The van der Waals surface area contributed by atoms with Gasteiger partial charge >= 0.3 is 6.18 Å². The van der Waals surface area contributed by atoms with Gasteiger partial charge in [0.15, 0.2) is 5.69 Å². The maximum Gasteiger partial charge on any atom is 0.421 e. The number of nitrogens with one attached hydrogen (secondary N) is 3. The maximum atomic E-state index is 13.6. The average molecular weight is 460 g/mol. The Morgan fingerprint density at radius 2 is 1.91 bits per heavy atom. The van der Waals surface area contributed by atoms with E-state index in [4.69, 9.17) is 5.73 Å². The van der Waals surface area contributed by atoms with Crippen LogP contribution in [0, 0.1) is 6.92 Å². The Balaban J connectivity index is 2.01. The zero-order chi connectivity index (χ0) is 24.3. The van der Waals surface area contributed by atoms with Crippen LogP contribution in [0.25, 0.3) is 0 Å². The second-order valence-corrected chi connectivity index (χ2v) is 6.85. The SMILES string of the molecule is C=CC(=O)Nc1cc(C)ccc1Nc1nc(Nc2cc(C(N)=O)nn2C)ncc1C(F)(F)F. The van der Waals surface area contributed by atoms with Crippen LogP contribution in [-0.4, -0.2) is 31.6 Å². The molecule has 1 aromatic carbocycles. The van der Waals surface area contributed by atoms with Crippen LogP contribution in [-0.2, 0) is 18.0 Å². The average Bonchev–Trinajstić information content (AvgIpc) is 3.10. The second-order valence-electron chi connectivity index (χ2n) is 6.85. The van der Waals surface area contributed by atoms with Gasteiger partial charge in [-0.1, -0.05) is 12.6 Å². The standard InChI is InChI=1S/C20H19F3N8O2/c1-4-16(32)26-13-7-10(2)5-6-12(13)27-18-11(20(21,22)23)9-25-19(29-18)28-15-8-14(17(24)33)30-31(15)3/h4-9H,1H2,2-3H3,(H2,24,33)(H,26,32)(H2,25,27,28,29). The molecule has 0 unspecified atom stereocenters. The Hall–Kier alpha value is -4.42. The van der Waals surface area contributed by atoms with Crippen molar-refractivity contribution in [1.29, 1.82) is 0 Å². The van der Waals surface area contributed by atoms with E-state index in [1.54, 1.807) is 19.1 Å². The fourth-order valence-corrected chi connectivity index (χ4v) is 2.75. The first-order chi connectivity index (χ1) is 15.5. The van der Waals surface area contributed by atoms with Crippen LogP contribution in [0.15, 0.2) is 43.1 Å². The number of primary amides is 1. The number of halogens is 3. The van der Waals surface area contributed by atoms with Crippen LogP contribution in [0.1, 0.15) is 21.6 Å². The summed E-state index contributed by atoms with van der Waals surface area (Å²) < 4.78 is 42.1. The molecule has 0 radical (unpaired) electrons. The van der Waals surface area contributed by atoms with Crippen molar-refractivity contribution < 1.29 is 22.8 Å². The molecule has 0 aliphatic rings. The van der Waals surface area contributed by atoms with Gasteiger partial charge in [0.1, 0.15) is 17.2 Å². The van der Waals surface area contributed by atoms with E-state index in [0.29, 0.717) is 6.20 Å². The monoisotopic (exact) mass is 460 g/mol. The van der Waals surface area contributed by atoms with Crippen LogP contribution in [0.4, 0.5) is 42.1 Å². The molecule has 5 N–H and O–H groups in total. The first kappa shape index (κ1) is 23.2. The molecule has 172 valence electrons. The highest BCUT2D eigenvalue weighted by molar-refractivity contribution is 6.01. The third-order valence-electron chi connectivity index (χ3n) is 4.34. The Bertz CT molecular complexity index is 1240. The molecule has 2 amide bonds. The number of hydrogen-bond donors (Lipinski definition) is 4. The summed E-state index contributed by atoms with van der Waals surface area (Å²) in [4.78, 5) is 30.7. The molecule has 0 bridgehead atoms. The van der Waals surface area contributed by atoms with Crippen molar-refractivity contribution in [2.45, 2.75) is 13.1 Å². The molecular formula is C20H19F3N8O2. The molecule has 2 heterocycles. The normalized spacial score (nSPS) is 11.1. The van der Waals surface area contributed by atoms with Gasteiger partial charge in [-0.25, -0.2) is 4.98 Å². The summed E-state index contributed by atoms with van der Waals surface area (Å²) in [5.74, 6) is -1.85. The van der Waals surface area contributed by atoms with Gasteiger partial charge in [0.25, 0.3) is 5.91 Å². The molecule has 0 fully saturated rings. The summed E-state index contributed by atoms with van der Waals surface area (Å²) in [7, 11) is 1.50. The lowest BCUT2D eigenvalue weighted by Gasteiger charge is -2.17. The van der Waals surface area contributed by atoms with Gasteiger partial charge < -0.3 is 21.7 Å². The summed E-state index contributed by atoms with van der Waals surface area (Å²) in [6.45, 7) is 5.12. The van der Waals surface area contributed by atoms with Gasteiger partial charge in [-0.2, -0.15) is 23.3 Å². The highest BCUT2D eigenvalue weighted by atomic mass is 19.4. The lowest BCUT2D eigenvalue weighted by Crippen LogP contribution is -2.14. The first-order valence-corrected chi connectivity index (χ1v) is 9.34. The minimum absolute atomic E-state index is 0.0486. The topological polar surface area (TPSA) is 140 Å². The Morgan fingerprint density at radius 3 is 2.52 bits per heavy atom. The van der Waals surface area contributed by atoms with Crippen molar-refractivity contribution in [2.75, 3.05) is 16.0 Å². The van der Waals surface area contributed by atoms with Crippen molar-refractivity contribution in [1.82, 2.24) is 19.7 Å². The van der Waals surface area contributed by atoms with Crippen molar-refractivity contribution >= 4 is 40.8 Å². The highest BCUT2D eigenvalue weighted by Gasteiger charge is 2.35. The predicted molar refractivity (Wildman–Crippen MR) is 115 cm³/mol. The first-order valence-electron chi connectivity index (χ1n) is 9.34. The third kappa shape index (κ3) is 5.44. The number of nitrogens with two attached hydrogens (primary N) is 1. The van der Waals surface area contributed by atoms with Gasteiger partial charge in [-0.15, -0.1) is 0 Å². The number of benzene rings is 1. The fraction of sp³-hybridized carbons (Fsp3) is 0.150. The number of aryl methyl sites for hydroxylation is 2. The van der Waals surface area contributed by atoms with E-state index in [9.17, 15) is 22.8 Å². The lowest BCUT2D eigenvalue weighted by molar-refractivity contribution is -0.137. The Morgan fingerprint density at radius 1 is 1.18 bits per heavy atom. The van der Waals surface area contributed by atoms with E-state index < -0.39 is 29.4 Å². The fourth-order valence-electron chi connectivity index (χ4n) is 2.75. The van der Waals surface area contributed by atoms with Crippen LogP contribution >= 0.6 is 0 Å². The van der Waals surface area contributed by atoms with Crippen molar-refractivity contribution in [3.05, 3.63) is 59.9 Å². The molecule has 13 heteroatoms.